The van der Waals surface area contributed by atoms with Crippen LogP contribution in [0.3, 0.4) is 0 Å². The van der Waals surface area contributed by atoms with Crippen molar-refractivity contribution < 1.29 is 14.3 Å². The van der Waals surface area contributed by atoms with Crippen LogP contribution >= 0.6 is 0 Å². The highest BCUT2D eigenvalue weighted by Gasteiger charge is 2.37. The SMILES string of the molecule is Cc1cc(N2CCCC(N3CCN(C(=O)N4CCOCC4)CC3)C2=O)n(C)n1. The first-order valence-corrected chi connectivity index (χ1v) is 10.2. The quantitative estimate of drug-likeness (QED) is 0.726. The van der Waals surface area contributed by atoms with Crippen molar-refractivity contribution in [1.82, 2.24) is 24.5 Å². The Kier molecular flexibility index (Phi) is 5.54. The van der Waals surface area contributed by atoms with Crippen LogP contribution in [0.4, 0.5) is 10.6 Å². The van der Waals surface area contributed by atoms with E-state index in [1.54, 1.807) is 4.68 Å². The molecule has 9 nitrogen and oxygen atoms in total. The predicted molar refractivity (Wildman–Crippen MR) is 104 cm³/mol. The van der Waals surface area contributed by atoms with Crippen molar-refractivity contribution in [2.75, 3.05) is 63.9 Å². The molecule has 1 aromatic rings. The zero-order valence-electron chi connectivity index (χ0n) is 16.8. The van der Waals surface area contributed by atoms with Crippen LogP contribution in [0, 0.1) is 6.92 Å². The van der Waals surface area contributed by atoms with Crippen LogP contribution in [-0.2, 0) is 16.6 Å². The standard InChI is InChI=1S/C19H30N6O3/c1-15-14-17(21(2)20-15)25-5-3-4-16(18(25)26)22-6-8-23(9-7-22)19(27)24-10-12-28-13-11-24/h14,16H,3-13H2,1-2H3. The van der Waals surface area contributed by atoms with Gasteiger partial charge in [-0.05, 0) is 19.8 Å². The average Bonchev–Trinajstić information content (AvgIpc) is 3.06. The molecule has 4 heterocycles. The molecule has 3 aliphatic rings. The Labute approximate surface area is 165 Å². The number of amides is 3. The lowest BCUT2D eigenvalue weighted by Gasteiger charge is -2.43. The van der Waals surface area contributed by atoms with Gasteiger partial charge in [0, 0.05) is 58.9 Å². The first kappa shape index (κ1) is 19.2. The smallest absolute Gasteiger partial charge is 0.320 e. The van der Waals surface area contributed by atoms with E-state index in [4.69, 9.17) is 4.74 Å². The number of anilines is 1. The van der Waals surface area contributed by atoms with Crippen molar-refractivity contribution in [3.05, 3.63) is 11.8 Å². The number of aryl methyl sites for hydroxylation is 2. The van der Waals surface area contributed by atoms with Crippen LogP contribution in [0.15, 0.2) is 6.07 Å². The van der Waals surface area contributed by atoms with Crippen molar-refractivity contribution in [1.29, 1.82) is 0 Å². The summed E-state index contributed by atoms with van der Waals surface area (Å²) in [4.78, 5) is 33.8. The highest BCUT2D eigenvalue weighted by molar-refractivity contribution is 5.97. The minimum Gasteiger partial charge on any atom is -0.378 e. The highest BCUT2D eigenvalue weighted by Crippen LogP contribution is 2.25. The largest absolute Gasteiger partial charge is 0.378 e. The van der Waals surface area contributed by atoms with Crippen LogP contribution in [0.1, 0.15) is 18.5 Å². The third-order valence-electron chi connectivity index (χ3n) is 5.97. The number of aromatic nitrogens is 2. The molecule has 0 aromatic carbocycles. The summed E-state index contributed by atoms with van der Waals surface area (Å²) in [5, 5.41) is 4.38. The van der Waals surface area contributed by atoms with E-state index in [2.05, 4.69) is 10.00 Å². The third kappa shape index (κ3) is 3.73. The van der Waals surface area contributed by atoms with Gasteiger partial charge in [0.2, 0.25) is 5.91 Å². The Morgan fingerprint density at radius 3 is 2.39 bits per heavy atom. The summed E-state index contributed by atoms with van der Waals surface area (Å²) in [6.45, 7) is 8.07. The maximum absolute atomic E-state index is 13.2. The summed E-state index contributed by atoms with van der Waals surface area (Å²) >= 11 is 0. The molecule has 28 heavy (non-hydrogen) atoms. The van der Waals surface area contributed by atoms with E-state index >= 15 is 0 Å². The number of nitrogens with zero attached hydrogens (tertiary/aromatic N) is 6. The van der Waals surface area contributed by atoms with E-state index in [1.807, 2.05) is 34.7 Å². The number of rotatable bonds is 2. The number of morpholine rings is 1. The Bertz CT molecular complexity index is 721. The molecule has 3 saturated heterocycles. The lowest BCUT2D eigenvalue weighted by Crippen LogP contribution is -2.60. The molecule has 9 heteroatoms. The highest BCUT2D eigenvalue weighted by atomic mass is 16.5. The van der Waals surface area contributed by atoms with Crippen molar-refractivity contribution in [2.45, 2.75) is 25.8 Å². The van der Waals surface area contributed by atoms with Crippen LogP contribution < -0.4 is 4.90 Å². The molecule has 3 amide bonds. The third-order valence-corrected chi connectivity index (χ3v) is 5.97. The van der Waals surface area contributed by atoms with Gasteiger partial charge in [-0.15, -0.1) is 0 Å². The first-order chi connectivity index (χ1) is 13.5. The zero-order valence-corrected chi connectivity index (χ0v) is 16.8. The van der Waals surface area contributed by atoms with Crippen LogP contribution in [0.5, 0.6) is 0 Å². The van der Waals surface area contributed by atoms with Gasteiger partial charge in [0.25, 0.3) is 0 Å². The molecule has 0 N–H and O–H groups in total. The molecule has 0 aliphatic carbocycles. The Balaban J connectivity index is 1.36. The molecular weight excluding hydrogens is 360 g/mol. The van der Waals surface area contributed by atoms with Crippen molar-refractivity contribution in [3.8, 4) is 0 Å². The molecule has 3 aliphatic heterocycles. The lowest BCUT2D eigenvalue weighted by molar-refractivity contribution is -0.126. The van der Waals surface area contributed by atoms with E-state index in [1.165, 1.54) is 0 Å². The molecule has 154 valence electrons. The molecule has 0 radical (unpaired) electrons. The molecule has 3 fully saturated rings. The van der Waals surface area contributed by atoms with Gasteiger partial charge < -0.3 is 14.5 Å². The number of carbonyl (C=O) groups excluding carboxylic acids is 2. The van der Waals surface area contributed by atoms with Crippen LogP contribution in [-0.4, -0.2) is 101 Å². The van der Waals surface area contributed by atoms with E-state index < -0.39 is 0 Å². The summed E-state index contributed by atoms with van der Waals surface area (Å²) in [5.41, 5.74) is 0.919. The van der Waals surface area contributed by atoms with E-state index in [0.717, 1.165) is 44.0 Å². The van der Waals surface area contributed by atoms with Gasteiger partial charge in [0.15, 0.2) is 0 Å². The number of piperazine rings is 1. The Morgan fingerprint density at radius 1 is 1.07 bits per heavy atom. The van der Waals surface area contributed by atoms with Gasteiger partial charge in [-0.25, -0.2) is 4.79 Å². The summed E-state index contributed by atoms with van der Waals surface area (Å²) in [6.07, 6.45) is 1.86. The van der Waals surface area contributed by atoms with Gasteiger partial charge in [-0.3, -0.25) is 19.3 Å². The minimum atomic E-state index is -0.107. The predicted octanol–water partition coefficient (Wildman–Crippen LogP) is 0.294. The fourth-order valence-electron chi connectivity index (χ4n) is 4.45. The zero-order chi connectivity index (χ0) is 19.7. The summed E-state index contributed by atoms with van der Waals surface area (Å²) in [7, 11) is 1.88. The minimum absolute atomic E-state index is 0.102. The van der Waals surface area contributed by atoms with Gasteiger partial charge in [-0.1, -0.05) is 0 Å². The van der Waals surface area contributed by atoms with Gasteiger partial charge in [0.1, 0.15) is 5.82 Å². The fourth-order valence-corrected chi connectivity index (χ4v) is 4.45. The number of hydrogen-bond donors (Lipinski definition) is 0. The van der Waals surface area contributed by atoms with Gasteiger partial charge in [-0.2, -0.15) is 5.10 Å². The fraction of sp³-hybridized carbons (Fsp3) is 0.737. The van der Waals surface area contributed by atoms with E-state index in [-0.39, 0.29) is 18.0 Å². The van der Waals surface area contributed by atoms with Gasteiger partial charge >= 0.3 is 6.03 Å². The summed E-state index contributed by atoms with van der Waals surface area (Å²) in [6, 6.07) is 1.97. The summed E-state index contributed by atoms with van der Waals surface area (Å²) in [5.74, 6) is 1.02. The number of urea groups is 1. The second kappa shape index (κ2) is 8.08. The Hall–Kier alpha value is -2.13. The van der Waals surface area contributed by atoms with Crippen molar-refractivity contribution in [3.63, 3.8) is 0 Å². The molecule has 0 bridgehead atoms. The second-order valence-electron chi connectivity index (χ2n) is 7.82. The number of piperidine rings is 1. The number of hydrogen-bond acceptors (Lipinski definition) is 5. The maximum atomic E-state index is 13.2. The topological polar surface area (TPSA) is 74.2 Å². The number of carbonyl (C=O) groups is 2. The number of ether oxygens (including phenoxy) is 1. The molecule has 0 saturated carbocycles. The van der Waals surface area contributed by atoms with Crippen LogP contribution in [0.25, 0.3) is 0 Å². The molecular formula is C19H30N6O3. The second-order valence-corrected chi connectivity index (χ2v) is 7.82. The lowest BCUT2D eigenvalue weighted by atomic mass is 10.0. The van der Waals surface area contributed by atoms with E-state index in [0.29, 0.717) is 39.4 Å². The average molecular weight is 390 g/mol. The molecule has 1 atom stereocenters. The van der Waals surface area contributed by atoms with Crippen molar-refractivity contribution in [2.24, 2.45) is 7.05 Å². The van der Waals surface area contributed by atoms with Gasteiger partial charge in [0.05, 0.1) is 24.9 Å². The maximum Gasteiger partial charge on any atom is 0.320 e. The normalized spacial score (nSPS) is 24.7. The summed E-state index contributed by atoms with van der Waals surface area (Å²) < 4.78 is 7.12. The molecule has 1 unspecified atom stereocenters. The van der Waals surface area contributed by atoms with Crippen LogP contribution in [0.2, 0.25) is 0 Å². The monoisotopic (exact) mass is 390 g/mol. The molecule has 1 aromatic heterocycles. The first-order valence-electron chi connectivity index (χ1n) is 10.2. The molecule has 0 spiro atoms. The van der Waals surface area contributed by atoms with E-state index in [9.17, 15) is 9.59 Å². The Morgan fingerprint density at radius 2 is 1.75 bits per heavy atom. The molecule has 4 rings (SSSR count). The van der Waals surface area contributed by atoms with Crippen molar-refractivity contribution >= 4 is 17.8 Å².